The van der Waals surface area contributed by atoms with Gasteiger partial charge in [-0.25, -0.2) is 0 Å². The summed E-state index contributed by atoms with van der Waals surface area (Å²) in [5, 5.41) is 0. The largest absolute Gasteiger partial charge is 0.573 e. The van der Waals surface area contributed by atoms with E-state index >= 15 is 0 Å². The Morgan fingerprint density at radius 2 is 1.80 bits per heavy atom. The summed E-state index contributed by atoms with van der Waals surface area (Å²) >= 11 is 0. The Morgan fingerprint density at radius 1 is 1.20 bits per heavy atom. The van der Waals surface area contributed by atoms with E-state index in [1.165, 1.54) is 7.11 Å². The zero-order chi connectivity index (χ0) is 15.2. The third-order valence-corrected chi connectivity index (χ3v) is 2.13. The molecule has 4 nitrogen and oxygen atoms in total. The van der Waals surface area contributed by atoms with E-state index in [1.807, 2.05) is 0 Å². The summed E-state index contributed by atoms with van der Waals surface area (Å²) in [6.07, 6.45) is -2.94. The van der Waals surface area contributed by atoms with Crippen LogP contribution >= 0.6 is 0 Å². The van der Waals surface area contributed by atoms with Gasteiger partial charge in [0.05, 0.1) is 19.8 Å². The SMILES string of the molecule is COC=CC(=O)CC(=O)c1ccc(OC(F)(F)F)cc1. The molecule has 0 radical (unpaired) electrons. The number of carbonyl (C=O) groups excluding carboxylic acids is 2. The van der Waals surface area contributed by atoms with Gasteiger partial charge in [0.1, 0.15) is 5.75 Å². The van der Waals surface area contributed by atoms with E-state index in [9.17, 15) is 22.8 Å². The van der Waals surface area contributed by atoms with Crippen molar-refractivity contribution in [3.63, 3.8) is 0 Å². The highest BCUT2D eigenvalue weighted by Gasteiger charge is 2.31. The third kappa shape index (κ3) is 5.55. The van der Waals surface area contributed by atoms with Gasteiger partial charge < -0.3 is 9.47 Å². The van der Waals surface area contributed by atoms with Gasteiger partial charge in [0, 0.05) is 11.6 Å². The molecule has 0 heterocycles. The molecule has 0 spiro atoms. The van der Waals surface area contributed by atoms with Crippen molar-refractivity contribution in [3.8, 4) is 5.75 Å². The highest BCUT2D eigenvalue weighted by molar-refractivity contribution is 6.11. The van der Waals surface area contributed by atoms with E-state index in [0.29, 0.717) is 0 Å². The van der Waals surface area contributed by atoms with Crippen LogP contribution < -0.4 is 4.74 Å². The summed E-state index contributed by atoms with van der Waals surface area (Å²) in [4.78, 5) is 22.9. The Balaban J connectivity index is 2.66. The average Bonchev–Trinajstić information content (AvgIpc) is 2.35. The van der Waals surface area contributed by atoms with Gasteiger partial charge in [-0.2, -0.15) is 0 Å². The van der Waals surface area contributed by atoms with Gasteiger partial charge in [-0.1, -0.05) is 0 Å². The van der Waals surface area contributed by atoms with Gasteiger partial charge in [0.25, 0.3) is 0 Å². The second-order valence-corrected chi connectivity index (χ2v) is 3.68. The first-order valence-corrected chi connectivity index (χ1v) is 5.43. The van der Waals surface area contributed by atoms with Crippen molar-refractivity contribution < 1.29 is 32.2 Å². The van der Waals surface area contributed by atoms with Crippen LogP contribution in [0.25, 0.3) is 0 Å². The van der Waals surface area contributed by atoms with Gasteiger partial charge in [0.15, 0.2) is 11.6 Å². The molecule has 0 bridgehead atoms. The van der Waals surface area contributed by atoms with E-state index < -0.39 is 23.7 Å². The van der Waals surface area contributed by atoms with E-state index in [0.717, 1.165) is 36.6 Å². The topological polar surface area (TPSA) is 52.6 Å². The first-order valence-electron chi connectivity index (χ1n) is 5.43. The maximum atomic E-state index is 11.9. The number of carbonyl (C=O) groups is 2. The smallest absolute Gasteiger partial charge is 0.504 e. The summed E-state index contributed by atoms with van der Waals surface area (Å²) in [5.74, 6) is -1.40. The molecule has 0 aliphatic carbocycles. The molecule has 1 aromatic carbocycles. The molecule has 0 aliphatic rings. The van der Waals surface area contributed by atoms with Gasteiger partial charge in [-0.15, -0.1) is 13.2 Å². The van der Waals surface area contributed by atoms with Crippen molar-refractivity contribution in [1.29, 1.82) is 0 Å². The lowest BCUT2D eigenvalue weighted by molar-refractivity contribution is -0.274. The maximum absolute atomic E-state index is 11.9. The van der Waals surface area contributed by atoms with Crippen LogP contribution in [0.2, 0.25) is 0 Å². The maximum Gasteiger partial charge on any atom is 0.573 e. The summed E-state index contributed by atoms with van der Waals surface area (Å²) in [5.41, 5.74) is 0.124. The average molecular weight is 288 g/mol. The molecule has 0 aromatic heterocycles. The minimum Gasteiger partial charge on any atom is -0.504 e. The second kappa shape index (κ2) is 6.74. The monoisotopic (exact) mass is 288 g/mol. The van der Waals surface area contributed by atoms with Crippen LogP contribution in [0.3, 0.4) is 0 Å². The third-order valence-electron chi connectivity index (χ3n) is 2.13. The molecule has 20 heavy (non-hydrogen) atoms. The standard InChI is InChI=1S/C13H11F3O4/c1-19-7-6-10(17)8-12(18)9-2-4-11(5-3-9)20-13(14,15)16/h2-7H,8H2,1H3. The Kier molecular flexibility index (Phi) is 5.31. The van der Waals surface area contributed by atoms with Gasteiger partial charge >= 0.3 is 6.36 Å². The number of alkyl halides is 3. The highest BCUT2D eigenvalue weighted by atomic mass is 19.4. The quantitative estimate of drug-likeness (QED) is 0.349. The van der Waals surface area contributed by atoms with Crippen LogP contribution in [0.1, 0.15) is 16.8 Å². The van der Waals surface area contributed by atoms with Crippen molar-refractivity contribution in [2.75, 3.05) is 7.11 Å². The number of ketones is 2. The van der Waals surface area contributed by atoms with E-state index in [-0.39, 0.29) is 12.0 Å². The minimum atomic E-state index is -4.79. The number of ether oxygens (including phenoxy) is 2. The molecule has 0 fully saturated rings. The molecule has 0 N–H and O–H groups in total. The van der Waals surface area contributed by atoms with Gasteiger partial charge in [-0.3, -0.25) is 9.59 Å². The molecule has 0 aliphatic heterocycles. The summed E-state index contributed by atoms with van der Waals surface area (Å²) in [6, 6.07) is 4.35. The molecular weight excluding hydrogens is 277 g/mol. The van der Waals surface area contributed by atoms with Crippen LogP contribution in [0, 0.1) is 0 Å². The number of hydrogen-bond donors (Lipinski definition) is 0. The van der Waals surface area contributed by atoms with Crippen LogP contribution in [-0.2, 0) is 9.53 Å². The predicted octanol–water partition coefficient (Wildman–Crippen LogP) is 2.89. The molecular formula is C13H11F3O4. The molecule has 7 heteroatoms. The number of hydrogen-bond acceptors (Lipinski definition) is 4. The van der Waals surface area contributed by atoms with Crippen molar-refractivity contribution in [2.45, 2.75) is 12.8 Å². The molecule has 108 valence electrons. The Morgan fingerprint density at radius 3 is 2.30 bits per heavy atom. The molecule has 1 rings (SSSR count). The number of Topliss-reactive ketones (excluding diaryl/α,β-unsaturated/α-hetero) is 1. The Labute approximate surface area is 112 Å². The van der Waals surface area contributed by atoms with Crippen molar-refractivity contribution in [1.82, 2.24) is 0 Å². The lowest BCUT2D eigenvalue weighted by atomic mass is 10.1. The number of rotatable bonds is 6. The van der Waals surface area contributed by atoms with Crippen molar-refractivity contribution >= 4 is 11.6 Å². The minimum absolute atomic E-state index is 0.124. The second-order valence-electron chi connectivity index (χ2n) is 3.68. The Hall–Kier alpha value is -2.31. The molecule has 0 unspecified atom stereocenters. The number of methoxy groups -OCH3 is 1. The van der Waals surface area contributed by atoms with Crippen LogP contribution in [0.4, 0.5) is 13.2 Å². The highest BCUT2D eigenvalue weighted by Crippen LogP contribution is 2.23. The van der Waals surface area contributed by atoms with Gasteiger partial charge in [-0.05, 0) is 24.3 Å². The van der Waals surface area contributed by atoms with Crippen LogP contribution in [0.5, 0.6) is 5.75 Å². The Bertz CT molecular complexity index is 503. The fourth-order valence-corrected chi connectivity index (χ4v) is 1.31. The predicted molar refractivity (Wildman–Crippen MR) is 63.2 cm³/mol. The van der Waals surface area contributed by atoms with Crippen molar-refractivity contribution in [3.05, 3.63) is 42.2 Å². The lowest BCUT2D eigenvalue weighted by Crippen LogP contribution is -2.17. The van der Waals surface area contributed by atoms with Crippen LogP contribution in [-0.4, -0.2) is 25.0 Å². The van der Waals surface area contributed by atoms with Crippen LogP contribution in [0.15, 0.2) is 36.6 Å². The fraction of sp³-hybridized carbons (Fsp3) is 0.231. The lowest BCUT2D eigenvalue weighted by Gasteiger charge is -2.08. The molecule has 0 saturated heterocycles. The fourth-order valence-electron chi connectivity index (χ4n) is 1.31. The first-order chi connectivity index (χ1) is 9.31. The zero-order valence-electron chi connectivity index (χ0n) is 10.4. The van der Waals surface area contributed by atoms with Gasteiger partial charge in [0.2, 0.25) is 0 Å². The number of allylic oxidation sites excluding steroid dienone is 1. The first kappa shape index (κ1) is 15.7. The van der Waals surface area contributed by atoms with Crippen molar-refractivity contribution in [2.24, 2.45) is 0 Å². The van der Waals surface area contributed by atoms with E-state index in [1.54, 1.807) is 0 Å². The zero-order valence-corrected chi connectivity index (χ0v) is 10.4. The molecule has 0 atom stereocenters. The van der Waals surface area contributed by atoms with E-state index in [2.05, 4.69) is 9.47 Å². The van der Waals surface area contributed by atoms with E-state index in [4.69, 9.17) is 0 Å². The number of benzene rings is 1. The molecule has 0 amide bonds. The molecule has 1 aromatic rings. The molecule has 0 saturated carbocycles. The summed E-state index contributed by atoms with van der Waals surface area (Å²) in [6.45, 7) is 0. The normalized spacial score (nSPS) is 11.4. The number of halogens is 3. The summed E-state index contributed by atoms with van der Waals surface area (Å²) in [7, 11) is 1.35. The summed E-state index contributed by atoms with van der Waals surface area (Å²) < 4.78 is 44.0.